The lowest BCUT2D eigenvalue weighted by atomic mass is 10.1. The molecular weight excluding hydrogens is 393 g/mol. The third kappa shape index (κ3) is 3.34. The monoisotopic (exact) mass is 417 g/mol. The lowest BCUT2D eigenvalue weighted by molar-refractivity contribution is 0.637. The van der Waals surface area contributed by atoms with Gasteiger partial charge in [0.1, 0.15) is 11.6 Å². The van der Waals surface area contributed by atoms with E-state index in [2.05, 4.69) is 38.5 Å². The lowest BCUT2D eigenvalue weighted by Crippen LogP contribution is -2.11. The minimum Gasteiger partial charge on any atom is -0.367 e. The SMILES string of the molecule is Cc1nccn1-c1cn2c(C(C)C)cnc2c(NCCc2c[nH]c3c(F)cccc23)n1. The first-order valence-corrected chi connectivity index (χ1v) is 10.4. The van der Waals surface area contributed by atoms with Crippen molar-refractivity contribution in [1.82, 2.24) is 28.9 Å². The third-order valence-corrected chi connectivity index (χ3v) is 5.61. The Balaban J connectivity index is 1.48. The maximum atomic E-state index is 14.0. The van der Waals surface area contributed by atoms with Gasteiger partial charge in [0.25, 0.3) is 0 Å². The van der Waals surface area contributed by atoms with Crippen molar-refractivity contribution in [2.45, 2.75) is 33.1 Å². The molecule has 0 radical (unpaired) electrons. The fourth-order valence-electron chi connectivity index (χ4n) is 3.97. The zero-order valence-electron chi connectivity index (χ0n) is 17.7. The van der Waals surface area contributed by atoms with Gasteiger partial charge in [-0.2, -0.15) is 0 Å². The van der Waals surface area contributed by atoms with Crippen LogP contribution in [0.3, 0.4) is 0 Å². The number of hydrogen-bond acceptors (Lipinski definition) is 4. The average molecular weight is 417 g/mol. The molecule has 0 saturated heterocycles. The summed E-state index contributed by atoms with van der Waals surface area (Å²) in [6, 6.07) is 5.14. The molecule has 0 aliphatic heterocycles. The van der Waals surface area contributed by atoms with Crippen LogP contribution in [-0.2, 0) is 6.42 Å². The Morgan fingerprint density at radius 1 is 1.23 bits per heavy atom. The summed E-state index contributed by atoms with van der Waals surface area (Å²) in [5.74, 6) is 2.44. The average Bonchev–Trinajstić information content (AvgIpc) is 3.46. The van der Waals surface area contributed by atoms with Crippen molar-refractivity contribution in [2.75, 3.05) is 11.9 Å². The van der Waals surface area contributed by atoms with Gasteiger partial charge in [-0.05, 0) is 30.9 Å². The fraction of sp³-hybridized carbons (Fsp3) is 0.261. The number of anilines is 1. The third-order valence-electron chi connectivity index (χ3n) is 5.61. The number of aryl methyl sites for hydroxylation is 1. The van der Waals surface area contributed by atoms with Crippen molar-refractivity contribution >= 4 is 22.4 Å². The molecule has 0 fully saturated rings. The Bertz CT molecular complexity index is 1380. The van der Waals surface area contributed by atoms with E-state index in [4.69, 9.17) is 4.98 Å². The summed E-state index contributed by atoms with van der Waals surface area (Å²) in [5, 5.41) is 4.35. The highest BCUT2D eigenvalue weighted by Gasteiger charge is 2.15. The minimum atomic E-state index is -0.234. The molecule has 0 aliphatic rings. The molecular formula is C23H24FN7. The van der Waals surface area contributed by atoms with Crippen molar-refractivity contribution in [2.24, 2.45) is 0 Å². The molecule has 0 spiro atoms. The standard InChI is InChI=1S/C23H24FN7/c1-14(2)19-12-28-23-22(29-20(13-31(19)23)30-10-9-25-15(30)3)26-8-7-16-11-27-21-17(16)5-4-6-18(21)24/h4-6,9-14,27H,7-8H2,1-3H3,(H,26,29). The number of halogens is 1. The van der Waals surface area contributed by atoms with Gasteiger partial charge in [0, 0.05) is 42.4 Å². The molecule has 5 rings (SSSR count). The van der Waals surface area contributed by atoms with Crippen LogP contribution >= 0.6 is 0 Å². The Labute approximate surface area is 179 Å². The predicted molar refractivity (Wildman–Crippen MR) is 119 cm³/mol. The largest absolute Gasteiger partial charge is 0.367 e. The molecule has 0 amide bonds. The Morgan fingerprint density at radius 3 is 2.87 bits per heavy atom. The van der Waals surface area contributed by atoms with Crippen LogP contribution < -0.4 is 5.32 Å². The van der Waals surface area contributed by atoms with Gasteiger partial charge < -0.3 is 10.3 Å². The molecule has 8 heteroatoms. The molecule has 4 heterocycles. The molecule has 2 N–H and O–H groups in total. The number of imidazole rings is 2. The summed E-state index contributed by atoms with van der Waals surface area (Å²) < 4.78 is 18.0. The number of H-pyrrole nitrogens is 1. The van der Waals surface area contributed by atoms with Gasteiger partial charge >= 0.3 is 0 Å². The number of nitrogens with zero attached hydrogens (tertiary/aromatic N) is 5. The highest BCUT2D eigenvalue weighted by Crippen LogP contribution is 2.24. The smallest absolute Gasteiger partial charge is 0.180 e. The predicted octanol–water partition coefficient (Wildman–Crippen LogP) is 4.62. The second-order valence-electron chi connectivity index (χ2n) is 7.98. The first-order chi connectivity index (χ1) is 15.0. The van der Waals surface area contributed by atoms with Crippen molar-refractivity contribution in [3.05, 3.63) is 72.1 Å². The minimum absolute atomic E-state index is 0.234. The molecule has 7 nitrogen and oxygen atoms in total. The highest BCUT2D eigenvalue weighted by atomic mass is 19.1. The molecule has 0 saturated carbocycles. The number of nitrogens with one attached hydrogen (secondary N) is 2. The van der Waals surface area contributed by atoms with Gasteiger partial charge in [-0.3, -0.25) is 8.97 Å². The number of aromatic amines is 1. The van der Waals surface area contributed by atoms with E-state index in [0.29, 0.717) is 23.8 Å². The zero-order chi connectivity index (χ0) is 21.5. The van der Waals surface area contributed by atoms with E-state index in [1.165, 1.54) is 6.07 Å². The lowest BCUT2D eigenvalue weighted by Gasteiger charge is -2.13. The summed E-state index contributed by atoms with van der Waals surface area (Å²) in [7, 11) is 0. The van der Waals surface area contributed by atoms with E-state index >= 15 is 0 Å². The molecule has 31 heavy (non-hydrogen) atoms. The molecule has 0 unspecified atom stereocenters. The summed E-state index contributed by atoms with van der Waals surface area (Å²) in [6.07, 6.45) is 10.2. The molecule has 0 aliphatic carbocycles. The first-order valence-electron chi connectivity index (χ1n) is 10.4. The normalized spacial score (nSPS) is 11.8. The van der Waals surface area contributed by atoms with E-state index in [9.17, 15) is 4.39 Å². The maximum Gasteiger partial charge on any atom is 0.180 e. The molecule has 5 aromatic rings. The van der Waals surface area contributed by atoms with Gasteiger partial charge in [0.15, 0.2) is 17.3 Å². The molecule has 4 aromatic heterocycles. The quantitative estimate of drug-likeness (QED) is 0.423. The Hall–Kier alpha value is -3.68. The van der Waals surface area contributed by atoms with Crippen LogP contribution in [0.1, 0.15) is 36.8 Å². The van der Waals surface area contributed by atoms with Crippen LogP contribution in [0.2, 0.25) is 0 Å². The first kappa shape index (κ1) is 19.3. The van der Waals surface area contributed by atoms with E-state index in [-0.39, 0.29) is 5.82 Å². The second kappa shape index (κ2) is 7.54. The molecule has 0 atom stereocenters. The summed E-state index contributed by atoms with van der Waals surface area (Å²) in [5.41, 5.74) is 3.51. The van der Waals surface area contributed by atoms with Crippen molar-refractivity contribution in [3.8, 4) is 5.82 Å². The van der Waals surface area contributed by atoms with Crippen LogP contribution in [0.5, 0.6) is 0 Å². The number of benzene rings is 1. The van der Waals surface area contributed by atoms with Crippen molar-refractivity contribution < 1.29 is 4.39 Å². The zero-order valence-corrected chi connectivity index (χ0v) is 17.7. The topological polar surface area (TPSA) is 75.8 Å². The summed E-state index contributed by atoms with van der Waals surface area (Å²) >= 11 is 0. The van der Waals surface area contributed by atoms with Crippen LogP contribution in [0.4, 0.5) is 10.2 Å². The number of para-hydroxylation sites is 1. The van der Waals surface area contributed by atoms with Crippen LogP contribution in [0, 0.1) is 12.7 Å². The number of hydrogen-bond donors (Lipinski definition) is 2. The van der Waals surface area contributed by atoms with Gasteiger partial charge in [-0.25, -0.2) is 19.3 Å². The van der Waals surface area contributed by atoms with Gasteiger partial charge in [-0.15, -0.1) is 0 Å². The Morgan fingerprint density at radius 2 is 2.10 bits per heavy atom. The molecule has 1 aromatic carbocycles. The van der Waals surface area contributed by atoms with E-state index in [1.807, 2.05) is 42.3 Å². The van der Waals surface area contributed by atoms with Gasteiger partial charge in [0.2, 0.25) is 0 Å². The highest BCUT2D eigenvalue weighted by molar-refractivity contribution is 5.83. The van der Waals surface area contributed by atoms with Crippen LogP contribution in [0.25, 0.3) is 22.4 Å². The van der Waals surface area contributed by atoms with E-state index < -0.39 is 0 Å². The van der Waals surface area contributed by atoms with E-state index in [1.54, 1.807) is 12.3 Å². The second-order valence-corrected chi connectivity index (χ2v) is 7.98. The Kier molecular flexibility index (Phi) is 4.69. The van der Waals surface area contributed by atoms with E-state index in [0.717, 1.165) is 40.4 Å². The fourth-order valence-corrected chi connectivity index (χ4v) is 3.97. The van der Waals surface area contributed by atoms with Crippen LogP contribution in [0.15, 0.2) is 49.2 Å². The van der Waals surface area contributed by atoms with Gasteiger partial charge in [-0.1, -0.05) is 26.0 Å². The maximum absolute atomic E-state index is 14.0. The molecule has 158 valence electrons. The number of rotatable bonds is 6. The van der Waals surface area contributed by atoms with Crippen LogP contribution in [-0.4, -0.2) is 35.4 Å². The number of aromatic nitrogens is 6. The van der Waals surface area contributed by atoms with Crippen molar-refractivity contribution in [3.63, 3.8) is 0 Å². The molecule has 0 bridgehead atoms. The van der Waals surface area contributed by atoms with Crippen molar-refractivity contribution in [1.29, 1.82) is 0 Å². The summed E-state index contributed by atoms with van der Waals surface area (Å²) in [6.45, 7) is 6.89. The number of fused-ring (bicyclic) bond motifs is 2. The van der Waals surface area contributed by atoms with Gasteiger partial charge in [0.05, 0.1) is 11.7 Å². The summed E-state index contributed by atoms with van der Waals surface area (Å²) in [4.78, 5) is 16.8.